The topological polar surface area (TPSA) is 44.8 Å². The molecule has 3 aromatic rings. The summed E-state index contributed by atoms with van der Waals surface area (Å²) >= 11 is 0. The Bertz CT molecular complexity index is 962. The summed E-state index contributed by atoms with van der Waals surface area (Å²) in [4.78, 5) is 17.9. The van der Waals surface area contributed by atoms with E-state index in [-0.39, 0.29) is 18.0 Å². The van der Waals surface area contributed by atoms with E-state index >= 15 is 0 Å². The lowest BCUT2D eigenvalue weighted by Crippen LogP contribution is -2.54. The fraction of sp³-hybridized carbons (Fsp3) is 0.296. The van der Waals surface area contributed by atoms with Gasteiger partial charge < -0.3 is 15.0 Å². The van der Waals surface area contributed by atoms with Crippen LogP contribution < -0.4 is 15.0 Å². The molecule has 166 valence electrons. The molecule has 1 atom stereocenters. The lowest BCUT2D eigenvalue weighted by Gasteiger charge is -2.39. The molecule has 1 amide bonds. The fourth-order valence-corrected chi connectivity index (χ4v) is 4.25. The molecule has 5 heteroatoms. The first kappa shape index (κ1) is 21.9. The molecule has 0 bridgehead atoms. The van der Waals surface area contributed by atoms with Crippen molar-refractivity contribution in [3.63, 3.8) is 0 Å². The fourth-order valence-electron chi connectivity index (χ4n) is 4.25. The SMILES string of the molecule is COc1cccc(N2CCN(C(C)C(=O)NC(c3ccccc3)c3ccccc3)CC2)c1. The Morgan fingerprint density at radius 1 is 0.844 bits per heavy atom. The van der Waals surface area contributed by atoms with Gasteiger partial charge in [-0.05, 0) is 30.2 Å². The summed E-state index contributed by atoms with van der Waals surface area (Å²) in [5.41, 5.74) is 3.33. The summed E-state index contributed by atoms with van der Waals surface area (Å²) in [6, 6.07) is 28.1. The number of benzene rings is 3. The molecule has 0 radical (unpaired) electrons. The van der Waals surface area contributed by atoms with Gasteiger partial charge in [-0.15, -0.1) is 0 Å². The third-order valence-corrected chi connectivity index (χ3v) is 6.21. The number of anilines is 1. The molecular weight excluding hydrogens is 398 g/mol. The number of nitrogens with zero attached hydrogens (tertiary/aromatic N) is 2. The molecule has 1 fully saturated rings. The zero-order valence-electron chi connectivity index (χ0n) is 18.8. The molecule has 0 aliphatic carbocycles. The molecule has 1 N–H and O–H groups in total. The van der Waals surface area contributed by atoms with Crippen LogP contribution in [0.25, 0.3) is 0 Å². The number of methoxy groups -OCH3 is 1. The van der Waals surface area contributed by atoms with Gasteiger partial charge in [0.1, 0.15) is 5.75 Å². The molecule has 1 aliphatic heterocycles. The van der Waals surface area contributed by atoms with Gasteiger partial charge in [-0.2, -0.15) is 0 Å². The first-order chi connectivity index (χ1) is 15.7. The predicted octanol–water partition coefficient (Wildman–Crippen LogP) is 4.11. The maximum Gasteiger partial charge on any atom is 0.237 e. The van der Waals surface area contributed by atoms with Crippen molar-refractivity contribution in [2.45, 2.75) is 19.0 Å². The van der Waals surface area contributed by atoms with Crippen LogP contribution in [0.1, 0.15) is 24.1 Å². The summed E-state index contributed by atoms with van der Waals surface area (Å²) < 4.78 is 5.36. The number of piperazine rings is 1. The van der Waals surface area contributed by atoms with E-state index in [1.54, 1.807) is 7.11 Å². The van der Waals surface area contributed by atoms with Crippen molar-refractivity contribution in [3.05, 3.63) is 96.1 Å². The number of hydrogen-bond acceptors (Lipinski definition) is 4. The molecule has 0 spiro atoms. The molecule has 0 saturated carbocycles. The molecule has 1 aliphatic rings. The lowest BCUT2D eigenvalue weighted by atomic mass is 9.98. The van der Waals surface area contributed by atoms with E-state index in [1.807, 2.05) is 55.5 Å². The van der Waals surface area contributed by atoms with Gasteiger partial charge in [0.15, 0.2) is 0 Å². The second-order valence-electron chi connectivity index (χ2n) is 8.16. The predicted molar refractivity (Wildman–Crippen MR) is 129 cm³/mol. The number of amides is 1. The van der Waals surface area contributed by atoms with Crippen LogP contribution in [0.2, 0.25) is 0 Å². The van der Waals surface area contributed by atoms with Crippen LogP contribution >= 0.6 is 0 Å². The van der Waals surface area contributed by atoms with Crippen LogP contribution in [0, 0.1) is 0 Å². The maximum atomic E-state index is 13.3. The summed E-state index contributed by atoms with van der Waals surface area (Å²) in [7, 11) is 1.69. The third kappa shape index (κ3) is 5.11. The van der Waals surface area contributed by atoms with Gasteiger partial charge in [0.25, 0.3) is 0 Å². The summed E-state index contributed by atoms with van der Waals surface area (Å²) in [6.45, 7) is 5.45. The smallest absolute Gasteiger partial charge is 0.237 e. The minimum absolute atomic E-state index is 0.0533. The van der Waals surface area contributed by atoms with Crippen LogP contribution in [0.15, 0.2) is 84.9 Å². The maximum absolute atomic E-state index is 13.3. The minimum Gasteiger partial charge on any atom is -0.497 e. The van der Waals surface area contributed by atoms with Crippen molar-refractivity contribution in [1.82, 2.24) is 10.2 Å². The van der Waals surface area contributed by atoms with Gasteiger partial charge in [0.2, 0.25) is 5.91 Å². The van der Waals surface area contributed by atoms with E-state index in [4.69, 9.17) is 4.74 Å². The Morgan fingerprint density at radius 3 is 2.00 bits per heavy atom. The van der Waals surface area contributed by atoms with E-state index in [2.05, 4.69) is 51.5 Å². The van der Waals surface area contributed by atoms with Gasteiger partial charge >= 0.3 is 0 Å². The van der Waals surface area contributed by atoms with Crippen molar-refractivity contribution < 1.29 is 9.53 Å². The highest BCUT2D eigenvalue weighted by atomic mass is 16.5. The van der Waals surface area contributed by atoms with Gasteiger partial charge in [-0.25, -0.2) is 0 Å². The van der Waals surface area contributed by atoms with Gasteiger partial charge in [0.05, 0.1) is 19.2 Å². The summed E-state index contributed by atoms with van der Waals surface area (Å²) in [5.74, 6) is 0.920. The van der Waals surface area contributed by atoms with Crippen LogP contribution in [0.4, 0.5) is 5.69 Å². The van der Waals surface area contributed by atoms with Gasteiger partial charge in [0, 0.05) is 37.9 Å². The van der Waals surface area contributed by atoms with Crippen molar-refractivity contribution in [2.75, 3.05) is 38.2 Å². The highest BCUT2D eigenvalue weighted by Crippen LogP contribution is 2.24. The molecule has 1 heterocycles. The summed E-state index contributed by atoms with van der Waals surface area (Å²) in [5, 5.41) is 3.29. The quantitative estimate of drug-likeness (QED) is 0.614. The monoisotopic (exact) mass is 429 g/mol. The molecule has 0 aromatic heterocycles. The van der Waals surface area contributed by atoms with E-state index in [0.29, 0.717) is 0 Å². The second-order valence-corrected chi connectivity index (χ2v) is 8.16. The Morgan fingerprint density at radius 2 is 1.44 bits per heavy atom. The van der Waals surface area contributed by atoms with Crippen LogP contribution in [0.5, 0.6) is 5.75 Å². The van der Waals surface area contributed by atoms with Crippen molar-refractivity contribution in [1.29, 1.82) is 0 Å². The largest absolute Gasteiger partial charge is 0.497 e. The zero-order valence-corrected chi connectivity index (χ0v) is 18.8. The number of rotatable bonds is 7. The highest BCUT2D eigenvalue weighted by Gasteiger charge is 2.28. The minimum atomic E-state index is -0.197. The number of nitrogens with one attached hydrogen (secondary N) is 1. The van der Waals surface area contributed by atoms with Gasteiger partial charge in [-0.3, -0.25) is 9.69 Å². The van der Waals surface area contributed by atoms with Crippen molar-refractivity contribution in [2.24, 2.45) is 0 Å². The first-order valence-corrected chi connectivity index (χ1v) is 11.2. The third-order valence-electron chi connectivity index (χ3n) is 6.21. The lowest BCUT2D eigenvalue weighted by molar-refractivity contribution is -0.126. The number of hydrogen-bond donors (Lipinski definition) is 1. The standard InChI is InChI=1S/C27H31N3O2/c1-21(29-16-18-30(19-17-29)24-14-9-15-25(20-24)32-2)27(31)28-26(22-10-5-3-6-11-22)23-12-7-4-8-13-23/h3-15,20-21,26H,16-19H2,1-2H3,(H,28,31). The molecular formula is C27H31N3O2. The molecule has 3 aromatic carbocycles. The van der Waals surface area contributed by atoms with E-state index in [9.17, 15) is 4.79 Å². The Hall–Kier alpha value is -3.31. The molecule has 1 unspecified atom stereocenters. The highest BCUT2D eigenvalue weighted by molar-refractivity contribution is 5.82. The first-order valence-electron chi connectivity index (χ1n) is 11.2. The average Bonchev–Trinajstić information content (AvgIpc) is 2.88. The Labute approximate surface area is 190 Å². The molecule has 32 heavy (non-hydrogen) atoms. The number of carbonyl (C=O) groups excluding carboxylic acids is 1. The average molecular weight is 430 g/mol. The van der Waals surface area contributed by atoms with Crippen LogP contribution in [-0.2, 0) is 4.79 Å². The molecule has 4 rings (SSSR count). The van der Waals surface area contributed by atoms with E-state index in [1.165, 1.54) is 0 Å². The Kier molecular flexibility index (Phi) is 7.07. The van der Waals surface area contributed by atoms with Crippen LogP contribution in [0.3, 0.4) is 0 Å². The summed E-state index contributed by atoms with van der Waals surface area (Å²) in [6.07, 6.45) is 0. The zero-order chi connectivity index (χ0) is 22.3. The number of carbonyl (C=O) groups is 1. The van der Waals surface area contributed by atoms with E-state index in [0.717, 1.165) is 48.7 Å². The van der Waals surface area contributed by atoms with Gasteiger partial charge in [-0.1, -0.05) is 66.7 Å². The van der Waals surface area contributed by atoms with E-state index < -0.39 is 0 Å². The molecule has 1 saturated heterocycles. The number of ether oxygens (including phenoxy) is 1. The normalized spacial score (nSPS) is 15.4. The molecule has 5 nitrogen and oxygen atoms in total. The van der Waals surface area contributed by atoms with Crippen molar-refractivity contribution >= 4 is 11.6 Å². The Balaban J connectivity index is 1.40. The second kappa shape index (κ2) is 10.3. The van der Waals surface area contributed by atoms with Crippen molar-refractivity contribution in [3.8, 4) is 5.75 Å². The van der Waals surface area contributed by atoms with Crippen LogP contribution in [-0.4, -0.2) is 50.1 Å².